The van der Waals surface area contributed by atoms with Crippen LogP contribution in [0.25, 0.3) is 0 Å². The number of methoxy groups -OCH3 is 1. The van der Waals surface area contributed by atoms with Crippen LogP contribution in [-0.2, 0) is 4.79 Å². The zero-order chi connectivity index (χ0) is 18.7. The Kier molecular flexibility index (Phi) is 4.88. The van der Waals surface area contributed by atoms with Crippen LogP contribution >= 0.6 is 0 Å². The number of amides is 3. The molecule has 1 atom stereocenters. The molecule has 3 amide bonds. The van der Waals surface area contributed by atoms with Gasteiger partial charge in [0.1, 0.15) is 11.6 Å². The van der Waals surface area contributed by atoms with Crippen molar-refractivity contribution in [1.82, 2.24) is 10.6 Å². The highest BCUT2D eigenvalue weighted by Gasteiger charge is 2.32. The van der Waals surface area contributed by atoms with E-state index in [1.807, 2.05) is 0 Å². The predicted octanol–water partition coefficient (Wildman–Crippen LogP) is 3.10. The lowest BCUT2D eigenvalue weighted by atomic mass is 9.94. The van der Waals surface area contributed by atoms with E-state index in [1.165, 1.54) is 31.4 Å². The average Bonchev–Trinajstić information content (AvgIpc) is 2.62. The van der Waals surface area contributed by atoms with Gasteiger partial charge in [0.05, 0.1) is 18.7 Å². The molecular weight excluding hydrogens is 337 g/mol. The largest absolute Gasteiger partial charge is 0.496 e. The fraction of sp³-hybridized carbons (Fsp3) is 0.158. The Hall–Kier alpha value is -3.35. The van der Waals surface area contributed by atoms with E-state index in [1.54, 1.807) is 31.2 Å². The molecule has 0 aromatic heterocycles. The van der Waals surface area contributed by atoms with E-state index in [4.69, 9.17) is 4.74 Å². The van der Waals surface area contributed by atoms with Crippen molar-refractivity contribution in [1.29, 1.82) is 0 Å². The van der Waals surface area contributed by atoms with E-state index in [9.17, 15) is 14.0 Å². The topological polar surface area (TPSA) is 79.5 Å². The number of halogens is 1. The lowest BCUT2D eigenvalue weighted by Crippen LogP contribution is -2.46. The maximum Gasteiger partial charge on any atom is 0.319 e. The molecule has 3 rings (SSSR count). The van der Waals surface area contributed by atoms with E-state index in [-0.39, 0.29) is 0 Å². The summed E-state index contributed by atoms with van der Waals surface area (Å²) in [6, 6.07) is 11.5. The molecule has 1 aliphatic heterocycles. The molecule has 0 radical (unpaired) electrons. The number of carbonyl (C=O) groups is 2. The fourth-order valence-electron chi connectivity index (χ4n) is 2.86. The Bertz CT molecular complexity index is 878. The van der Waals surface area contributed by atoms with Crippen LogP contribution < -0.4 is 20.7 Å². The Morgan fingerprint density at radius 3 is 2.54 bits per heavy atom. The SMILES string of the molecule is COc1ccccc1[C@H]1NC(=O)NC(C)=C1C(=O)Nc1ccc(F)cc1. The van der Waals surface area contributed by atoms with Crippen LogP contribution in [0.2, 0.25) is 0 Å². The molecule has 0 fully saturated rings. The Morgan fingerprint density at radius 1 is 1.15 bits per heavy atom. The molecule has 3 N–H and O–H groups in total. The number of urea groups is 1. The highest BCUT2D eigenvalue weighted by Crippen LogP contribution is 2.33. The normalized spacial score (nSPS) is 16.6. The molecule has 0 aliphatic carbocycles. The quantitative estimate of drug-likeness (QED) is 0.788. The van der Waals surface area contributed by atoms with E-state index < -0.39 is 23.8 Å². The monoisotopic (exact) mass is 355 g/mol. The van der Waals surface area contributed by atoms with Gasteiger partial charge in [0, 0.05) is 16.9 Å². The second-order valence-corrected chi connectivity index (χ2v) is 5.77. The van der Waals surface area contributed by atoms with Crippen molar-refractivity contribution in [3.8, 4) is 5.75 Å². The zero-order valence-electron chi connectivity index (χ0n) is 14.3. The number of ether oxygens (including phenoxy) is 1. The average molecular weight is 355 g/mol. The summed E-state index contributed by atoms with van der Waals surface area (Å²) in [6.45, 7) is 1.65. The molecule has 1 heterocycles. The second-order valence-electron chi connectivity index (χ2n) is 5.77. The van der Waals surface area contributed by atoms with Gasteiger partial charge in [0.15, 0.2) is 0 Å². The van der Waals surface area contributed by atoms with Crippen LogP contribution in [-0.4, -0.2) is 19.0 Å². The van der Waals surface area contributed by atoms with Crippen LogP contribution in [0.5, 0.6) is 5.75 Å². The number of rotatable bonds is 4. The highest BCUT2D eigenvalue weighted by atomic mass is 19.1. The summed E-state index contributed by atoms with van der Waals surface area (Å²) in [5, 5.41) is 8.09. The van der Waals surface area contributed by atoms with Crippen molar-refractivity contribution in [3.63, 3.8) is 0 Å². The molecule has 134 valence electrons. The van der Waals surface area contributed by atoms with Crippen LogP contribution in [0.1, 0.15) is 18.5 Å². The third-order valence-corrected chi connectivity index (χ3v) is 4.07. The number of nitrogens with one attached hydrogen (secondary N) is 3. The Labute approximate surface area is 150 Å². The minimum atomic E-state index is -0.680. The Morgan fingerprint density at radius 2 is 1.85 bits per heavy atom. The molecule has 6 nitrogen and oxygen atoms in total. The minimum absolute atomic E-state index is 0.346. The van der Waals surface area contributed by atoms with Gasteiger partial charge in [-0.2, -0.15) is 0 Å². The number of hydrogen-bond acceptors (Lipinski definition) is 3. The van der Waals surface area contributed by atoms with E-state index in [0.717, 1.165) is 0 Å². The first kappa shape index (κ1) is 17.5. The van der Waals surface area contributed by atoms with Crippen molar-refractivity contribution >= 4 is 17.6 Å². The van der Waals surface area contributed by atoms with Crippen LogP contribution in [0.4, 0.5) is 14.9 Å². The molecule has 1 aliphatic rings. The van der Waals surface area contributed by atoms with Gasteiger partial charge in [-0.25, -0.2) is 9.18 Å². The summed E-state index contributed by atoms with van der Waals surface area (Å²) in [7, 11) is 1.52. The summed E-state index contributed by atoms with van der Waals surface area (Å²) in [6.07, 6.45) is 0. The van der Waals surface area contributed by atoms with Gasteiger partial charge in [-0.3, -0.25) is 4.79 Å². The van der Waals surface area contributed by atoms with Crippen LogP contribution in [0.3, 0.4) is 0 Å². The molecule has 26 heavy (non-hydrogen) atoms. The first-order valence-corrected chi connectivity index (χ1v) is 7.97. The third kappa shape index (κ3) is 3.51. The van der Waals surface area contributed by atoms with Gasteiger partial charge in [0.2, 0.25) is 0 Å². The number of hydrogen-bond donors (Lipinski definition) is 3. The number of carbonyl (C=O) groups excluding carboxylic acids is 2. The number of anilines is 1. The first-order valence-electron chi connectivity index (χ1n) is 7.97. The molecule has 2 aromatic carbocycles. The van der Waals surface area contributed by atoms with Gasteiger partial charge in [-0.05, 0) is 37.3 Å². The van der Waals surface area contributed by atoms with Gasteiger partial charge in [-0.15, -0.1) is 0 Å². The molecular formula is C19H18FN3O3. The summed E-state index contributed by atoms with van der Waals surface area (Å²) < 4.78 is 18.4. The Balaban J connectivity index is 1.97. The number of para-hydroxylation sites is 1. The van der Waals surface area contributed by atoms with E-state index >= 15 is 0 Å². The van der Waals surface area contributed by atoms with Crippen molar-refractivity contribution in [2.75, 3.05) is 12.4 Å². The smallest absolute Gasteiger partial charge is 0.319 e. The highest BCUT2D eigenvalue weighted by molar-refractivity contribution is 6.06. The summed E-state index contributed by atoms with van der Waals surface area (Å²) in [5.41, 5.74) is 1.89. The standard InChI is InChI=1S/C19H18FN3O3/c1-11-16(18(24)22-13-9-7-12(20)8-10-13)17(23-19(25)21-11)14-5-3-4-6-15(14)26-2/h3-10,17H,1-2H3,(H,22,24)(H2,21,23,25)/t17-/m1/s1. The molecule has 0 bridgehead atoms. The molecule has 0 saturated heterocycles. The first-order chi connectivity index (χ1) is 12.5. The third-order valence-electron chi connectivity index (χ3n) is 4.07. The van der Waals surface area contributed by atoms with Crippen molar-refractivity contribution in [2.45, 2.75) is 13.0 Å². The van der Waals surface area contributed by atoms with E-state index in [2.05, 4.69) is 16.0 Å². The molecule has 0 spiro atoms. The van der Waals surface area contributed by atoms with Crippen LogP contribution in [0.15, 0.2) is 59.8 Å². The minimum Gasteiger partial charge on any atom is -0.496 e. The van der Waals surface area contributed by atoms with Crippen molar-refractivity contribution in [3.05, 3.63) is 71.2 Å². The summed E-state index contributed by atoms with van der Waals surface area (Å²) in [5.74, 6) is -0.242. The zero-order valence-corrected chi connectivity index (χ0v) is 14.3. The predicted molar refractivity (Wildman–Crippen MR) is 95.1 cm³/mol. The van der Waals surface area contributed by atoms with Crippen LogP contribution in [0, 0.1) is 5.82 Å². The van der Waals surface area contributed by atoms with Gasteiger partial charge in [0.25, 0.3) is 5.91 Å². The fourth-order valence-corrected chi connectivity index (χ4v) is 2.86. The maximum atomic E-state index is 13.1. The summed E-state index contributed by atoms with van der Waals surface area (Å²) >= 11 is 0. The van der Waals surface area contributed by atoms with Gasteiger partial charge in [-0.1, -0.05) is 18.2 Å². The second kappa shape index (κ2) is 7.26. The summed E-state index contributed by atoms with van der Waals surface area (Å²) in [4.78, 5) is 24.8. The lowest BCUT2D eigenvalue weighted by Gasteiger charge is -2.29. The number of benzene rings is 2. The molecule has 7 heteroatoms. The molecule has 0 saturated carbocycles. The number of allylic oxidation sites excluding steroid dienone is 1. The van der Waals surface area contributed by atoms with Crippen molar-refractivity contribution < 1.29 is 18.7 Å². The molecule has 2 aromatic rings. The van der Waals surface area contributed by atoms with E-state index in [0.29, 0.717) is 28.3 Å². The molecule has 0 unspecified atom stereocenters. The van der Waals surface area contributed by atoms with Gasteiger partial charge >= 0.3 is 6.03 Å². The maximum absolute atomic E-state index is 13.1. The lowest BCUT2D eigenvalue weighted by molar-refractivity contribution is -0.113. The van der Waals surface area contributed by atoms with Crippen molar-refractivity contribution in [2.24, 2.45) is 0 Å². The van der Waals surface area contributed by atoms with Gasteiger partial charge < -0.3 is 20.7 Å².